The Hall–Kier alpha value is -2.93. The molecule has 2 aliphatic rings. The fourth-order valence-corrected chi connectivity index (χ4v) is 5.14. The van der Waals surface area contributed by atoms with Crippen LogP contribution in [0.25, 0.3) is 0 Å². The highest BCUT2D eigenvalue weighted by Crippen LogP contribution is 2.29. The van der Waals surface area contributed by atoms with Crippen molar-refractivity contribution in [3.05, 3.63) is 69.3 Å². The molecule has 4 rings (SSSR count). The number of nitro benzene ring substituents is 1. The molecule has 0 aromatic heterocycles. The quantitative estimate of drug-likeness (QED) is 0.440. The first-order valence-corrected chi connectivity index (χ1v) is 12.4. The number of hydrogen-bond acceptors (Lipinski definition) is 5. The number of carbonyl (C=O) groups is 1. The molecule has 0 atom stereocenters. The summed E-state index contributed by atoms with van der Waals surface area (Å²) in [6.45, 7) is 5.63. The Morgan fingerprint density at radius 3 is 2.32 bits per heavy atom. The number of nitrogens with one attached hydrogen (secondary N) is 1. The van der Waals surface area contributed by atoms with Crippen LogP contribution in [0.15, 0.2) is 42.5 Å². The average molecular weight is 466 g/mol. The summed E-state index contributed by atoms with van der Waals surface area (Å²) < 4.78 is 5.99. The minimum Gasteiger partial charge on any atom is -0.382 e. The van der Waals surface area contributed by atoms with Gasteiger partial charge in [-0.2, -0.15) is 0 Å². The molecule has 1 saturated heterocycles. The van der Waals surface area contributed by atoms with Crippen molar-refractivity contribution in [3.8, 4) is 0 Å². The van der Waals surface area contributed by atoms with Gasteiger partial charge in [0.15, 0.2) is 0 Å². The summed E-state index contributed by atoms with van der Waals surface area (Å²) in [5.74, 6) is 0.636. The highest BCUT2D eigenvalue weighted by molar-refractivity contribution is 5.77. The molecule has 1 amide bonds. The molecule has 2 fully saturated rings. The summed E-state index contributed by atoms with van der Waals surface area (Å²) in [4.78, 5) is 25.3. The molecule has 7 heteroatoms. The van der Waals surface area contributed by atoms with E-state index in [1.54, 1.807) is 19.1 Å². The van der Waals surface area contributed by atoms with Crippen LogP contribution in [-0.2, 0) is 9.53 Å². The van der Waals surface area contributed by atoms with Crippen molar-refractivity contribution in [3.63, 3.8) is 0 Å². The third-order valence-corrected chi connectivity index (χ3v) is 7.28. The lowest BCUT2D eigenvalue weighted by Gasteiger charge is -2.33. The first-order chi connectivity index (χ1) is 16.4. The van der Waals surface area contributed by atoms with Crippen molar-refractivity contribution < 1.29 is 14.5 Å². The number of nitro groups is 1. The maximum atomic E-state index is 12.7. The van der Waals surface area contributed by atoms with Crippen LogP contribution in [0.3, 0.4) is 0 Å². The fourth-order valence-electron chi connectivity index (χ4n) is 5.14. The number of hydrogen-bond donors (Lipinski definition) is 1. The zero-order chi connectivity index (χ0) is 24.1. The number of amides is 1. The minimum atomic E-state index is -0.352. The van der Waals surface area contributed by atoms with Gasteiger partial charge in [-0.25, -0.2) is 0 Å². The molecule has 1 saturated carbocycles. The summed E-state index contributed by atoms with van der Waals surface area (Å²) in [7, 11) is 0. The van der Waals surface area contributed by atoms with Crippen LogP contribution in [0.4, 0.5) is 11.4 Å². The molecule has 2 aromatic carbocycles. The van der Waals surface area contributed by atoms with Gasteiger partial charge in [-0.05, 0) is 76.0 Å². The van der Waals surface area contributed by atoms with E-state index in [1.807, 2.05) is 11.0 Å². The summed E-state index contributed by atoms with van der Waals surface area (Å²) in [5.41, 5.74) is 4.37. The van der Waals surface area contributed by atoms with Gasteiger partial charge in [-0.15, -0.1) is 0 Å². The molecule has 0 unspecified atom stereocenters. The predicted molar refractivity (Wildman–Crippen MR) is 133 cm³/mol. The minimum absolute atomic E-state index is 0.101. The van der Waals surface area contributed by atoms with Gasteiger partial charge in [0.25, 0.3) is 5.69 Å². The molecule has 1 aliphatic carbocycles. The van der Waals surface area contributed by atoms with Gasteiger partial charge in [-0.3, -0.25) is 14.9 Å². The molecule has 0 bridgehead atoms. The van der Waals surface area contributed by atoms with Gasteiger partial charge in [0.2, 0.25) is 5.91 Å². The SMILES string of the molecule is Cc1ccc(C2CCN(C(=O)COC3CCC(Nc4ccc([N+](=O)[O-])c(C)c4)CC3)CC2)cc1. The second-order valence-corrected chi connectivity index (χ2v) is 9.75. The van der Waals surface area contributed by atoms with E-state index in [1.165, 1.54) is 11.1 Å². The van der Waals surface area contributed by atoms with Crippen molar-refractivity contribution in [2.45, 2.75) is 70.4 Å². The Bertz CT molecular complexity index is 991. The summed E-state index contributed by atoms with van der Waals surface area (Å²) in [6, 6.07) is 14.2. The van der Waals surface area contributed by atoms with Gasteiger partial charge in [0.1, 0.15) is 6.61 Å². The van der Waals surface area contributed by atoms with Crippen LogP contribution in [0.5, 0.6) is 0 Å². The summed E-state index contributed by atoms with van der Waals surface area (Å²) in [5, 5.41) is 14.5. The molecule has 182 valence electrons. The number of rotatable bonds is 7. The lowest BCUT2D eigenvalue weighted by Crippen LogP contribution is -2.41. The van der Waals surface area contributed by atoms with Crippen LogP contribution in [0.1, 0.15) is 61.1 Å². The van der Waals surface area contributed by atoms with E-state index >= 15 is 0 Å². The van der Waals surface area contributed by atoms with Gasteiger partial charge in [0, 0.05) is 36.4 Å². The molecule has 7 nitrogen and oxygen atoms in total. The van der Waals surface area contributed by atoms with E-state index in [-0.39, 0.29) is 29.2 Å². The van der Waals surface area contributed by atoms with Crippen molar-refractivity contribution in [2.75, 3.05) is 25.0 Å². The number of aryl methyl sites for hydroxylation is 2. The molecular weight excluding hydrogens is 430 g/mol. The highest BCUT2D eigenvalue weighted by atomic mass is 16.6. The smallest absolute Gasteiger partial charge is 0.272 e. The Morgan fingerprint density at radius 1 is 1.03 bits per heavy atom. The van der Waals surface area contributed by atoms with Crippen LogP contribution < -0.4 is 5.32 Å². The normalized spacial score (nSPS) is 21.3. The van der Waals surface area contributed by atoms with Crippen molar-refractivity contribution in [1.29, 1.82) is 0 Å². The standard InChI is InChI=1S/C27H35N3O4/c1-19-3-5-21(6-4-19)22-13-15-29(16-14-22)27(31)18-34-25-10-7-23(8-11-25)28-24-9-12-26(30(32)33)20(2)17-24/h3-6,9,12,17,22-23,25,28H,7-8,10-11,13-16,18H2,1-2H3. The van der Waals surface area contributed by atoms with E-state index in [4.69, 9.17) is 4.74 Å². The average Bonchev–Trinajstić information content (AvgIpc) is 2.84. The van der Waals surface area contributed by atoms with Gasteiger partial charge >= 0.3 is 0 Å². The first kappa shape index (κ1) is 24.2. The van der Waals surface area contributed by atoms with Gasteiger partial charge in [-0.1, -0.05) is 29.8 Å². The summed E-state index contributed by atoms with van der Waals surface area (Å²) >= 11 is 0. The van der Waals surface area contributed by atoms with Crippen LogP contribution in [0, 0.1) is 24.0 Å². The van der Waals surface area contributed by atoms with E-state index < -0.39 is 0 Å². The Labute approximate surface area is 201 Å². The van der Waals surface area contributed by atoms with E-state index in [2.05, 4.69) is 36.5 Å². The van der Waals surface area contributed by atoms with Crippen molar-refractivity contribution in [1.82, 2.24) is 4.90 Å². The molecule has 1 aliphatic heterocycles. The molecule has 1 heterocycles. The lowest BCUT2D eigenvalue weighted by atomic mass is 9.89. The molecule has 1 N–H and O–H groups in total. The second-order valence-electron chi connectivity index (χ2n) is 9.75. The lowest BCUT2D eigenvalue weighted by molar-refractivity contribution is -0.385. The zero-order valence-electron chi connectivity index (χ0n) is 20.2. The molecule has 0 radical (unpaired) electrons. The highest BCUT2D eigenvalue weighted by Gasteiger charge is 2.26. The van der Waals surface area contributed by atoms with Gasteiger partial charge < -0.3 is 15.0 Å². The molecular formula is C27H35N3O4. The van der Waals surface area contributed by atoms with Gasteiger partial charge in [0.05, 0.1) is 11.0 Å². The molecule has 34 heavy (non-hydrogen) atoms. The first-order valence-electron chi connectivity index (χ1n) is 12.4. The number of likely N-dealkylation sites (tertiary alicyclic amines) is 1. The molecule has 2 aromatic rings. The van der Waals surface area contributed by atoms with E-state index in [0.29, 0.717) is 17.5 Å². The topological polar surface area (TPSA) is 84.7 Å². The van der Waals surface area contributed by atoms with Crippen LogP contribution in [0.2, 0.25) is 0 Å². The third kappa shape index (κ3) is 6.14. The number of nitrogens with zero attached hydrogens (tertiary/aromatic N) is 2. The van der Waals surface area contributed by atoms with Crippen molar-refractivity contribution >= 4 is 17.3 Å². The Morgan fingerprint density at radius 2 is 1.71 bits per heavy atom. The third-order valence-electron chi connectivity index (χ3n) is 7.28. The number of ether oxygens (including phenoxy) is 1. The number of piperidine rings is 1. The van der Waals surface area contributed by atoms with Crippen molar-refractivity contribution in [2.24, 2.45) is 0 Å². The second kappa shape index (κ2) is 11.0. The Balaban J connectivity index is 1.16. The number of anilines is 1. The number of carbonyl (C=O) groups excluding carboxylic acids is 1. The largest absolute Gasteiger partial charge is 0.382 e. The monoisotopic (exact) mass is 465 g/mol. The van der Waals surface area contributed by atoms with E-state index in [0.717, 1.165) is 57.3 Å². The number of benzene rings is 2. The zero-order valence-corrected chi connectivity index (χ0v) is 20.2. The van der Waals surface area contributed by atoms with E-state index in [9.17, 15) is 14.9 Å². The maximum absolute atomic E-state index is 12.7. The molecule has 0 spiro atoms. The predicted octanol–water partition coefficient (Wildman–Crippen LogP) is 5.36. The fraction of sp³-hybridized carbons (Fsp3) is 0.519. The Kier molecular flexibility index (Phi) is 7.83. The summed E-state index contributed by atoms with van der Waals surface area (Å²) in [6.07, 6.45) is 5.86. The van der Waals surface area contributed by atoms with Crippen LogP contribution in [-0.4, -0.2) is 47.6 Å². The maximum Gasteiger partial charge on any atom is 0.272 e. The van der Waals surface area contributed by atoms with Crippen LogP contribution >= 0.6 is 0 Å².